The zero-order valence-corrected chi connectivity index (χ0v) is 17.6. The van der Waals surface area contributed by atoms with Crippen LogP contribution in [0, 0.1) is 0 Å². The van der Waals surface area contributed by atoms with Gasteiger partial charge in [-0.3, -0.25) is 9.59 Å². The smallest absolute Gasteiger partial charge is 0.420 e. The summed E-state index contributed by atoms with van der Waals surface area (Å²) in [6.07, 6.45) is -4.78. The van der Waals surface area contributed by atoms with Crippen LogP contribution in [0.15, 0.2) is 72.8 Å². The first-order valence-electron chi connectivity index (χ1n) is 8.74. The molecule has 0 unspecified atom stereocenters. The monoisotopic (exact) mass is 469 g/mol. The van der Waals surface area contributed by atoms with Gasteiger partial charge < -0.3 is 10.1 Å². The summed E-state index contributed by atoms with van der Waals surface area (Å²) in [4.78, 5) is 23.4. The van der Waals surface area contributed by atoms with Crippen molar-refractivity contribution in [1.29, 1.82) is 0 Å². The second-order valence-electron chi connectivity index (χ2n) is 6.03. The molecule has 0 aromatic heterocycles. The molecule has 0 bridgehead atoms. The molecule has 0 spiro atoms. The number of anilines is 1. The molecule has 1 N–H and O–H groups in total. The Morgan fingerprint density at radius 2 is 1.48 bits per heavy atom. The van der Waals surface area contributed by atoms with Crippen molar-refractivity contribution in [1.82, 2.24) is 0 Å². The quantitative estimate of drug-likeness (QED) is 0.336. The van der Waals surface area contributed by atoms with Gasteiger partial charge in [-0.2, -0.15) is 13.2 Å². The van der Waals surface area contributed by atoms with E-state index >= 15 is 0 Å². The minimum absolute atomic E-state index is 0.290. The molecule has 162 valence electrons. The van der Waals surface area contributed by atoms with Gasteiger partial charge in [0, 0.05) is 22.7 Å². The second kappa shape index (κ2) is 10.8. The highest BCUT2D eigenvalue weighted by Gasteiger charge is 2.36. The molecule has 0 saturated carbocycles. The lowest BCUT2D eigenvalue weighted by Gasteiger charge is -2.15. The number of ether oxygens (including phenoxy) is 1. The van der Waals surface area contributed by atoms with E-state index in [1.165, 1.54) is 12.1 Å². The Balaban J connectivity index is 0.000000412. The van der Waals surface area contributed by atoms with E-state index in [0.717, 1.165) is 30.1 Å². The molecule has 0 heterocycles. The number of rotatable bonds is 3. The Bertz CT molecular complexity index is 1060. The van der Waals surface area contributed by atoms with Gasteiger partial charge in [-0.25, -0.2) is 0 Å². The van der Waals surface area contributed by atoms with E-state index in [9.17, 15) is 22.8 Å². The molecule has 0 fully saturated rings. The first-order chi connectivity index (χ1) is 14.6. The van der Waals surface area contributed by atoms with E-state index in [2.05, 4.69) is 10.1 Å². The first kappa shape index (κ1) is 24.2. The van der Waals surface area contributed by atoms with Crippen LogP contribution in [0.3, 0.4) is 0 Å². The van der Waals surface area contributed by atoms with Crippen molar-refractivity contribution in [3.63, 3.8) is 0 Å². The summed E-state index contributed by atoms with van der Waals surface area (Å²) >= 11 is 11.3. The van der Waals surface area contributed by atoms with Crippen LogP contribution in [0.5, 0.6) is 5.75 Å². The number of esters is 1. The lowest BCUT2D eigenvalue weighted by atomic mass is 10.1. The van der Waals surface area contributed by atoms with Crippen molar-refractivity contribution in [2.24, 2.45) is 0 Å². The molecule has 0 aliphatic carbocycles. The van der Waals surface area contributed by atoms with Gasteiger partial charge in [-0.05, 0) is 42.5 Å². The summed E-state index contributed by atoms with van der Waals surface area (Å²) in [6, 6.07) is 18.5. The normalized spacial score (nSPS) is 10.5. The first-order valence-corrected chi connectivity index (χ1v) is 9.49. The molecule has 3 rings (SSSR count). The summed E-state index contributed by atoms with van der Waals surface area (Å²) in [5, 5.41) is 3.55. The number of nitrogens with one attached hydrogen (secondary N) is 1. The third kappa shape index (κ3) is 7.62. The van der Waals surface area contributed by atoms with Crippen LogP contribution in [-0.2, 0) is 11.0 Å². The van der Waals surface area contributed by atoms with Crippen molar-refractivity contribution in [3.05, 3.63) is 94.0 Å². The number of amides is 1. The van der Waals surface area contributed by atoms with Gasteiger partial charge in [0.05, 0.1) is 11.1 Å². The van der Waals surface area contributed by atoms with Gasteiger partial charge in [0.15, 0.2) is 5.75 Å². The van der Waals surface area contributed by atoms with Crippen LogP contribution in [-0.4, -0.2) is 11.9 Å². The van der Waals surface area contributed by atoms with Crippen LogP contribution in [0.2, 0.25) is 10.0 Å². The van der Waals surface area contributed by atoms with Crippen molar-refractivity contribution in [2.75, 3.05) is 5.32 Å². The predicted octanol–water partition coefficient (Wildman–Crippen LogP) is 6.88. The number of halogens is 5. The van der Waals surface area contributed by atoms with Gasteiger partial charge in [0.25, 0.3) is 5.91 Å². The summed E-state index contributed by atoms with van der Waals surface area (Å²) < 4.78 is 43.9. The average Bonchev–Trinajstić information content (AvgIpc) is 2.68. The van der Waals surface area contributed by atoms with E-state index in [4.69, 9.17) is 23.2 Å². The topological polar surface area (TPSA) is 55.4 Å². The fraction of sp³-hybridized carbons (Fsp3) is 0.0909. The van der Waals surface area contributed by atoms with Gasteiger partial charge in [-0.15, -0.1) is 0 Å². The van der Waals surface area contributed by atoms with Crippen LogP contribution in [0.25, 0.3) is 0 Å². The molecular weight excluding hydrogens is 454 g/mol. The molecule has 0 aliphatic heterocycles. The van der Waals surface area contributed by atoms with Crippen molar-refractivity contribution in [3.8, 4) is 5.75 Å². The van der Waals surface area contributed by atoms with E-state index < -0.39 is 34.9 Å². The molecule has 0 atom stereocenters. The molecule has 31 heavy (non-hydrogen) atoms. The Morgan fingerprint density at radius 1 is 0.871 bits per heavy atom. The minimum atomic E-state index is -4.78. The third-order valence-electron chi connectivity index (χ3n) is 3.63. The number of para-hydroxylation sites is 1. The fourth-order valence-corrected chi connectivity index (χ4v) is 2.71. The molecular formula is C22H16Cl2F3NO3. The maximum absolute atomic E-state index is 13.1. The highest BCUT2D eigenvalue weighted by molar-refractivity contribution is 6.31. The standard InChI is InChI=1S/C16H11ClF3NO3.C6H5Cl/c1-9(22)24-14-12(6-3-7-13(14)16(18,19)20)15(23)21-11-5-2-4-10(17)8-11;7-6-4-2-1-3-5-6/h2-8H,1H3,(H,21,23);1-5H. The Labute approximate surface area is 186 Å². The highest BCUT2D eigenvalue weighted by Crippen LogP contribution is 2.38. The second-order valence-corrected chi connectivity index (χ2v) is 6.91. The number of carbonyl (C=O) groups excluding carboxylic acids is 2. The maximum atomic E-state index is 13.1. The number of benzene rings is 3. The number of carbonyl (C=O) groups is 2. The van der Waals surface area contributed by atoms with Gasteiger partial charge in [-0.1, -0.05) is 53.5 Å². The van der Waals surface area contributed by atoms with E-state index in [0.29, 0.717) is 10.7 Å². The molecule has 0 radical (unpaired) electrons. The minimum Gasteiger partial charge on any atom is -0.425 e. The average molecular weight is 470 g/mol. The lowest BCUT2D eigenvalue weighted by Crippen LogP contribution is -2.18. The summed E-state index contributed by atoms with van der Waals surface area (Å²) in [7, 11) is 0. The Morgan fingerprint density at radius 3 is 2.00 bits per heavy atom. The van der Waals surface area contributed by atoms with Crippen LogP contribution < -0.4 is 10.1 Å². The summed E-state index contributed by atoms with van der Waals surface area (Å²) in [6.45, 7) is 0.950. The molecule has 9 heteroatoms. The van der Waals surface area contributed by atoms with Crippen molar-refractivity contribution in [2.45, 2.75) is 13.1 Å². The molecule has 3 aromatic rings. The number of alkyl halides is 3. The van der Waals surface area contributed by atoms with E-state index in [1.54, 1.807) is 12.1 Å². The molecule has 0 saturated heterocycles. The Hall–Kier alpha value is -3.03. The van der Waals surface area contributed by atoms with Gasteiger partial charge in [0.2, 0.25) is 0 Å². The molecule has 3 aromatic carbocycles. The summed E-state index contributed by atoms with van der Waals surface area (Å²) in [5.74, 6) is -2.67. The van der Waals surface area contributed by atoms with Crippen LogP contribution in [0.4, 0.5) is 18.9 Å². The molecule has 4 nitrogen and oxygen atoms in total. The predicted molar refractivity (Wildman–Crippen MR) is 114 cm³/mol. The Kier molecular flexibility index (Phi) is 8.47. The zero-order valence-electron chi connectivity index (χ0n) is 16.0. The summed E-state index contributed by atoms with van der Waals surface area (Å²) in [5.41, 5.74) is -1.34. The van der Waals surface area contributed by atoms with Crippen LogP contribution >= 0.6 is 23.2 Å². The van der Waals surface area contributed by atoms with Gasteiger partial charge >= 0.3 is 12.1 Å². The van der Waals surface area contributed by atoms with E-state index in [-0.39, 0.29) is 0 Å². The van der Waals surface area contributed by atoms with Crippen molar-refractivity contribution < 1.29 is 27.5 Å². The largest absolute Gasteiger partial charge is 0.425 e. The number of hydrogen-bond acceptors (Lipinski definition) is 3. The lowest BCUT2D eigenvalue weighted by molar-refractivity contribution is -0.141. The van der Waals surface area contributed by atoms with Gasteiger partial charge in [0.1, 0.15) is 0 Å². The zero-order chi connectivity index (χ0) is 23.0. The SMILES string of the molecule is CC(=O)Oc1c(C(=O)Nc2cccc(Cl)c2)cccc1C(F)(F)F.Clc1ccccc1. The molecule has 1 amide bonds. The van der Waals surface area contributed by atoms with Crippen molar-refractivity contribution >= 4 is 40.8 Å². The molecule has 0 aliphatic rings. The van der Waals surface area contributed by atoms with Crippen LogP contribution in [0.1, 0.15) is 22.8 Å². The fourth-order valence-electron chi connectivity index (χ4n) is 2.37. The maximum Gasteiger partial charge on any atom is 0.420 e. The van der Waals surface area contributed by atoms with E-state index in [1.807, 2.05) is 30.3 Å². The highest BCUT2D eigenvalue weighted by atomic mass is 35.5. The number of hydrogen-bond donors (Lipinski definition) is 1. The third-order valence-corrected chi connectivity index (χ3v) is 4.11.